The van der Waals surface area contributed by atoms with Gasteiger partial charge in [-0.2, -0.15) is 13.2 Å². The highest BCUT2D eigenvalue weighted by Crippen LogP contribution is 2.29. The third-order valence-electron chi connectivity index (χ3n) is 4.87. The van der Waals surface area contributed by atoms with E-state index in [1.165, 1.54) is 19.1 Å². The molecular formula is C21H22F3N3O2. The van der Waals surface area contributed by atoms with E-state index >= 15 is 0 Å². The summed E-state index contributed by atoms with van der Waals surface area (Å²) in [5, 5.41) is 2.80. The van der Waals surface area contributed by atoms with Gasteiger partial charge in [0.05, 0.1) is 5.56 Å². The third kappa shape index (κ3) is 5.57. The Morgan fingerprint density at radius 1 is 1.00 bits per heavy atom. The normalized spacial score (nSPS) is 15.2. The Morgan fingerprint density at radius 3 is 2.24 bits per heavy atom. The fraction of sp³-hybridized carbons (Fsp3) is 0.333. The van der Waals surface area contributed by atoms with Gasteiger partial charge in [0.25, 0.3) is 0 Å². The molecule has 1 saturated heterocycles. The Labute approximate surface area is 167 Å². The molecule has 29 heavy (non-hydrogen) atoms. The second kappa shape index (κ2) is 8.65. The molecule has 2 aromatic rings. The summed E-state index contributed by atoms with van der Waals surface area (Å²) in [4.78, 5) is 27.7. The lowest BCUT2D eigenvalue weighted by atomic mass is 10.1. The standard InChI is InChI=1S/C21H22F3N3O2/c1-15(28)17-3-2-4-19(13-17)25-20(29)27-11-9-26(10-12-27)14-16-5-7-18(8-6-16)21(22,23)24/h2-8,13H,9-12,14H2,1H3,(H,25,29). The van der Waals surface area contributed by atoms with Crippen LogP contribution in [0.1, 0.15) is 28.4 Å². The topological polar surface area (TPSA) is 52.7 Å². The molecule has 0 unspecified atom stereocenters. The van der Waals surface area contributed by atoms with Crippen LogP contribution in [0.3, 0.4) is 0 Å². The Hall–Kier alpha value is -2.87. The number of nitrogens with zero attached hydrogens (tertiary/aromatic N) is 2. The van der Waals surface area contributed by atoms with Crippen LogP contribution in [0.4, 0.5) is 23.7 Å². The number of halogens is 3. The van der Waals surface area contributed by atoms with Crippen molar-refractivity contribution in [3.05, 3.63) is 65.2 Å². The number of Topliss-reactive ketones (excluding diaryl/α,β-unsaturated/α-hetero) is 1. The number of amides is 2. The molecule has 1 aliphatic rings. The third-order valence-corrected chi connectivity index (χ3v) is 4.87. The fourth-order valence-corrected chi connectivity index (χ4v) is 3.18. The van der Waals surface area contributed by atoms with Crippen LogP contribution in [0, 0.1) is 0 Å². The molecule has 3 rings (SSSR count). The second-order valence-corrected chi connectivity index (χ2v) is 7.03. The lowest BCUT2D eigenvalue weighted by molar-refractivity contribution is -0.137. The van der Waals surface area contributed by atoms with Gasteiger partial charge in [-0.05, 0) is 36.8 Å². The van der Waals surface area contributed by atoms with Crippen molar-refractivity contribution in [1.82, 2.24) is 9.80 Å². The predicted molar refractivity (Wildman–Crippen MR) is 104 cm³/mol. The molecule has 0 saturated carbocycles. The van der Waals surface area contributed by atoms with Gasteiger partial charge in [-0.1, -0.05) is 24.3 Å². The van der Waals surface area contributed by atoms with Gasteiger partial charge < -0.3 is 10.2 Å². The number of carbonyl (C=O) groups is 2. The molecule has 5 nitrogen and oxygen atoms in total. The molecule has 0 aromatic heterocycles. The highest BCUT2D eigenvalue weighted by atomic mass is 19.4. The van der Waals surface area contributed by atoms with Crippen LogP contribution in [-0.4, -0.2) is 47.8 Å². The molecule has 1 fully saturated rings. The summed E-state index contributed by atoms with van der Waals surface area (Å²) in [7, 11) is 0. The van der Waals surface area contributed by atoms with E-state index in [4.69, 9.17) is 0 Å². The second-order valence-electron chi connectivity index (χ2n) is 7.03. The number of ketones is 1. The lowest BCUT2D eigenvalue weighted by Crippen LogP contribution is -2.49. The summed E-state index contributed by atoms with van der Waals surface area (Å²) >= 11 is 0. The molecule has 1 heterocycles. The minimum absolute atomic E-state index is 0.0713. The quantitative estimate of drug-likeness (QED) is 0.774. The predicted octanol–water partition coefficient (Wildman–Crippen LogP) is 4.26. The van der Waals surface area contributed by atoms with Crippen LogP contribution in [0.2, 0.25) is 0 Å². The molecule has 8 heteroatoms. The van der Waals surface area contributed by atoms with Crippen LogP contribution in [0.15, 0.2) is 48.5 Å². The zero-order chi connectivity index (χ0) is 21.0. The Morgan fingerprint density at radius 2 is 1.66 bits per heavy atom. The summed E-state index contributed by atoms with van der Waals surface area (Å²) in [5.74, 6) is -0.0713. The first-order valence-electron chi connectivity index (χ1n) is 9.28. The van der Waals surface area contributed by atoms with Gasteiger partial charge in [-0.15, -0.1) is 0 Å². The molecule has 0 radical (unpaired) electrons. The first-order chi connectivity index (χ1) is 13.7. The highest BCUT2D eigenvalue weighted by Gasteiger charge is 2.30. The average Bonchev–Trinajstić information content (AvgIpc) is 2.68. The van der Waals surface area contributed by atoms with Gasteiger partial charge in [0, 0.05) is 44.0 Å². The first-order valence-corrected chi connectivity index (χ1v) is 9.28. The van der Waals surface area contributed by atoms with Crippen molar-refractivity contribution in [2.45, 2.75) is 19.6 Å². The van der Waals surface area contributed by atoms with Crippen molar-refractivity contribution in [2.24, 2.45) is 0 Å². The van der Waals surface area contributed by atoms with Gasteiger partial charge in [0.2, 0.25) is 0 Å². The summed E-state index contributed by atoms with van der Waals surface area (Å²) in [5.41, 5.74) is 1.24. The minimum atomic E-state index is -4.33. The lowest BCUT2D eigenvalue weighted by Gasteiger charge is -2.34. The maximum atomic E-state index is 12.6. The van der Waals surface area contributed by atoms with E-state index in [1.807, 2.05) is 0 Å². The van der Waals surface area contributed by atoms with Gasteiger partial charge in [0.1, 0.15) is 0 Å². The number of anilines is 1. The molecule has 0 aliphatic carbocycles. The van der Waals surface area contributed by atoms with Crippen molar-refractivity contribution in [3.8, 4) is 0 Å². The zero-order valence-corrected chi connectivity index (χ0v) is 16.0. The molecule has 1 N–H and O–H groups in total. The van der Waals surface area contributed by atoms with Gasteiger partial charge in [-0.3, -0.25) is 9.69 Å². The number of alkyl halides is 3. The van der Waals surface area contributed by atoms with Crippen LogP contribution in [-0.2, 0) is 12.7 Å². The van der Waals surface area contributed by atoms with Crippen molar-refractivity contribution in [1.29, 1.82) is 0 Å². The fourth-order valence-electron chi connectivity index (χ4n) is 3.18. The number of urea groups is 1. The van der Waals surface area contributed by atoms with Gasteiger partial charge in [-0.25, -0.2) is 4.79 Å². The molecule has 154 valence electrons. The Bertz CT molecular complexity index is 873. The summed E-state index contributed by atoms with van der Waals surface area (Å²) in [6, 6.07) is 11.7. The Kier molecular flexibility index (Phi) is 6.22. The van der Waals surface area contributed by atoms with E-state index < -0.39 is 11.7 Å². The van der Waals surface area contributed by atoms with Gasteiger partial charge >= 0.3 is 12.2 Å². The largest absolute Gasteiger partial charge is 0.416 e. The van der Waals surface area contributed by atoms with E-state index in [1.54, 1.807) is 29.2 Å². The van der Waals surface area contributed by atoms with E-state index in [-0.39, 0.29) is 11.8 Å². The molecule has 1 aliphatic heterocycles. The zero-order valence-electron chi connectivity index (χ0n) is 16.0. The number of benzene rings is 2. The maximum absolute atomic E-state index is 12.6. The summed E-state index contributed by atoms with van der Waals surface area (Å²) in [6.07, 6.45) is -4.33. The average molecular weight is 405 g/mol. The Balaban J connectivity index is 1.50. The van der Waals surface area contributed by atoms with Crippen LogP contribution in [0.5, 0.6) is 0 Å². The molecule has 0 spiro atoms. The number of piperazine rings is 1. The number of hydrogen-bond donors (Lipinski definition) is 1. The number of carbonyl (C=O) groups excluding carboxylic acids is 2. The smallest absolute Gasteiger partial charge is 0.322 e. The van der Waals surface area contributed by atoms with Crippen LogP contribution < -0.4 is 5.32 Å². The van der Waals surface area contributed by atoms with E-state index in [0.29, 0.717) is 44.0 Å². The van der Waals surface area contributed by atoms with E-state index in [9.17, 15) is 22.8 Å². The van der Waals surface area contributed by atoms with Crippen molar-refractivity contribution in [3.63, 3.8) is 0 Å². The molecule has 2 aromatic carbocycles. The minimum Gasteiger partial charge on any atom is -0.322 e. The monoisotopic (exact) mass is 405 g/mol. The van der Waals surface area contributed by atoms with Gasteiger partial charge in [0.15, 0.2) is 5.78 Å². The first kappa shape index (κ1) is 20.9. The molecule has 2 amide bonds. The molecule has 0 bridgehead atoms. The van der Waals surface area contributed by atoms with Crippen molar-refractivity contribution in [2.75, 3.05) is 31.5 Å². The number of hydrogen-bond acceptors (Lipinski definition) is 3. The summed E-state index contributed by atoms with van der Waals surface area (Å²) < 4.78 is 37.9. The number of nitrogens with one attached hydrogen (secondary N) is 1. The maximum Gasteiger partial charge on any atom is 0.416 e. The van der Waals surface area contributed by atoms with Crippen LogP contribution >= 0.6 is 0 Å². The van der Waals surface area contributed by atoms with E-state index in [2.05, 4.69) is 10.2 Å². The summed E-state index contributed by atoms with van der Waals surface area (Å²) in [6.45, 7) is 4.28. The van der Waals surface area contributed by atoms with E-state index in [0.717, 1.165) is 17.7 Å². The van der Waals surface area contributed by atoms with Crippen LogP contribution in [0.25, 0.3) is 0 Å². The SMILES string of the molecule is CC(=O)c1cccc(NC(=O)N2CCN(Cc3ccc(C(F)(F)F)cc3)CC2)c1. The molecule has 0 atom stereocenters. The van der Waals surface area contributed by atoms with Crippen molar-refractivity contribution < 1.29 is 22.8 Å². The molecular weight excluding hydrogens is 383 g/mol. The van der Waals surface area contributed by atoms with Crippen molar-refractivity contribution >= 4 is 17.5 Å². The highest BCUT2D eigenvalue weighted by molar-refractivity contribution is 5.96. The number of rotatable bonds is 4.